The molecular formula is C20H28O9. The molecule has 0 amide bonds. The Bertz CT molecular complexity index is 644. The minimum atomic E-state index is -1.23. The van der Waals surface area contributed by atoms with E-state index in [1.807, 2.05) is 0 Å². The highest BCUT2D eigenvalue weighted by atomic mass is 16.7. The van der Waals surface area contributed by atoms with Gasteiger partial charge in [-0.05, 0) is 12.8 Å². The van der Waals surface area contributed by atoms with Crippen molar-refractivity contribution in [2.24, 2.45) is 0 Å². The Labute approximate surface area is 170 Å². The molecule has 1 aliphatic heterocycles. The van der Waals surface area contributed by atoms with Crippen LogP contribution in [0.15, 0.2) is 25.3 Å². The maximum absolute atomic E-state index is 11.8. The summed E-state index contributed by atoms with van der Waals surface area (Å²) in [7, 11) is 0. The van der Waals surface area contributed by atoms with Crippen molar-refractivity contribution in [1.29, 1.82) is 0 Å². The van der Waals surface area contributed by atoms with E-state index in [2.05, 4.69) is 13.2 Å². The van der Waals surface area contributed by atoms with Gasteiger partial charge in [-0.25, -0.2) is 0 Å². The Morgan fingerprint density at radius 1 is 0.828 bits per heavy atom. The molecular weight excluding hydrogens is 384 g/mol. The first-order valence-corrected chi connectivity index (χ1v) is 9.11. The normalized spacial score (nSPS) is 25.2. The molecule has 1 fully saturated rings. The summed E-state index contributed by atoms with van der Waals surface area (Å²) in [5, 5.41) is 0. The molecule has 0 aromatic heterocycles. The molecule has 1 saturated heterocycles. The standard InChI is InChI=1S/C20H28O9/c1-7-9-20(10-8-2)19(28-15(6)24)18(27-14(5)23)17(26-13(4)22)16(29-20)11-25-12(3)21/h7-8,16-19H,1-2,9-11H2,3-6H3/t16-,17-,18+,19-/m1/s1. The van der Waals surface area contributed by atoms with E-state index in [9.17, 15) is 19.2 Å². The average molecular weight is 412 g/mol. The number of hydrogen-bond acceptors (Lipinski definition) is 9. The van der Waals surface area contributed by atoms with E-state index in [-0.39, 0.29) is 19.4 Å². The summed E-state index contributed by atoms with van der Waals surface area (Å²) < 4.78 is 27.5. The first kappa shape index (κ1) is 24.4. The van der Waals surface area contributed by atoms with Crippen LogP contribution in [0.25, 0.3) is 0 Å². The molecule has 9 heteroatoms. The second-order valence-corrected chi connectivity index (χ2v) is 6.69. The largest absolute Gasteiger partial charge is 0.463 e. The highest BCUT2D eigenvalue weighted by Gasteiger charge is 2.58. The molecule has 0 radical (unpaired) electrons. The van der Waals surface area contributed by atoms with Crippen LogP contribution in [0.4, 0.5) is 0 Å². The fourth-order valence-corrected chi connectivity index (χ4v) is 3.36. The minimum absolute atomic E-state index is 0.193. The van der Waals surface area contributed by atoms with Crippen molar-refractivity contribution >= 4 is 23.9 Å². The molecule has 0 aromatic rings. The van der Waals surface area contributed by atoms with Crippen LogP contribution in [0.3, 0.4) is 0 Å². The maximum atomic E-state index is 11.8. The smallest absolute Gasteiger partial charge is 0.303 e. The SMILES string of the molecule is C=CCC1(CC=C)O[C@H](COC(C)=O)[C@@H](OC(C)=O)[C@H](OC(C)=O)[C@H]1OC(C)=O. The Kier molecular flexibility index (Phi) is 9.03. The summed E-state index contributed by atoms with van der Waals surface area (Å²) in [4.78, 5) is 46.6. The van der Waals surface area contributed by atoms with Crippen LogP contribution in [0.2, 0.25) is 0 Å². The highest BCUT2D eigenvalue weighted by molar-refractivity contribution is 5.69. The number of rotatable bonds is 9. The van der Waals surface area contributed by atoms with Crippen LogP contribution >= 0.6 is 0 Å². The van der Waals surface area contributed by atoms with Crippen LogP contribution in [0.5, 0.6) is 0 Å². The van der Waals surface area contributed by atoms with Crippen LogP contribution < -0.4 is 0 Å². The van der Waals surface area contributed by atoms with Gasteiger partial charge in [0.1, 0.15) is 18.3 Å². The van der Waals surface area contributed by atoms with Gasteiger partial charge in [-0.2, -0.15) is 0 Å². The molecule has 29 heavy (non-hydrogen) atoms. The molecule has 0 aliphatic carbocycles. The molecule has 0 bridgehead atoms. The van der Waals surface area contributed by atoms with Crippen molar-refractivity contribution in [3.63, 3.8) is 0 Å². The van der Waals surface area contributed by atoms with Gasteiger partial charge in [-0.15, -0.1) is 13.2 Å². The zero-order valence-electron chi connectivity index (χ0n) is 17.2. The van der Waals surface area contributed by atoms with E-state index in [0.717, 1.165) is 0 Å². The zero-order valence-corrected chi connectivity index (χ0v) is 17.2. The minimum Gasteiger partial charge on any atom is -0.463 e. The number of hydrogen-bond donors (Lipinski definition) is 0. The van der Waals surface area contributed by atoms with Gasteiger partial charge in [-0.3, -0.25) is 19.2 Å². The van der Waals surface area contributed by atoms with Gasteiger partial charge in [0.15, 0.2) is 18.3 Å². The van der Waals surface area contributed by atoms with Gasteiger partial charge in [0.2, 0.25) is 0 Å². The lowest BCUT2D eigenvalue weighted by atomic mass is 9.79. The first-order chi connectivity index (χ1) is 13.6. The van der Waals surface area contributed by atoms with Crippen molar-refractivity contribution in [2.45, 2.75) is 70.6 Å². The Morgan fingerprint density at radius 3 is 1.72 bits per heavy atom. The second kappa shape index (κ2) is 10.8. The van der Waals surface area contributed by atoms with Crippen LogP contribution in [-0.2, 0) is 42.9 Å². The fourth-order valence-electron chi connectivity index (χ4n) is 3.36. The van der Waals surface area contributed by atoms with E-state index >= 15 is 0 Å². The topological polar surface area (TPSA) is 114 Å². The van der Waals surface area contributed by atoms with Gasteiger partial charge in [0.25, 0.3) is 0 Å². The lowest BCUT2D eigenvalue weighted by molar-refractivity contribution is -0.284. The first-order valence-electron chi connectivity index (χ1n) is 9.11. The van der Waals surface area contributed by atoms with Gasteiger partial charge in [0, 0.05) is 27.7 Å². The van der Waals surface area contributed by atoms with Crippen molar-refractivity contribution in [3.05, 3.63) is 25.3 Å². The quantitative estimate of drug-likeness (QED) is 0.317. The van der Waals surface area contributed by atoms with Gasteiger partial charge < -0.3 is 23.7 Å². The molecule has 0 unspecified atom stereocenters. The van der Waals surface area contributed by atoms with Gasteiger partial charge in [0.05, 0.1) is 0 Å². The number of carbonyl (C=O) groups excluding carboxylic acids is 4. The number of carbonyl (C=O) groups is 4. The van der Waals surface area contributed by atoms with Gasteiger partial charge >= 0.3 is 23.9 Å². The lowest BCUT2D eigenvalue weighted by Crippen LogP contribution is -2.67. The molecule has 4 atom stereocenters. The summed E-state index contributed by atoms with van der Waals surface area (Å²) in [6.07, 6.45) is -0.996. The second-order valence-electron chi connectivity index (χ2n) is 6.69. The van der Waals surface area contributed by atoms with Crippen molar-refractivity contribution in [3.8, 4) is 0 Å². The van der Waals surface area contributed by atoms with Crippen molar-refractivity contribution in [1.82, 2.24) is 0 Å². The lowest BCUT2D eigenvalue weighted by Gasteiger charge is -2.51. The molecule has 0 N–H and O–H groups in total. The van der Waals surface area contributed by atoms with E-state index in [0.29, 0.717) is 0 Å². The highest BCUT2D eigenvalue weighted by Crippen LogP contribution is 2.40. The third-order valence-corrected chi connectivity index (χ3v) is 4.22. The zero-order chi connectivity index (χ0) is 22.2. The monoisotopic (exact) mass is 412 g/mol. The molecule has 0 aromatic carbocycles. The van der Waals surface area contributed by atoms with E-state index in [1.54, 1.807) is 12.2 Å². The fraction of sp³-hybridized carbons (Fsp3) is 0.600. The summed E-state index contributed by atoms with van der Waals surface area (Å²) in [5.74, 6) is -2.57. The Hall–Kier alpha value is -2.68. The molecule has 0 saturated carbocycles. The molecule has 9 nitrogen and oxygen atoms in total. The predicted octanol–water partition coefficient (Wildman–Crippen LogP) is 1.63. The third kappa shape index (κ3) is 6.70. The third-order valence-electron chi connectivity index (χ3n) is 4.22. The number of esters is 4. The molecule has 1 aliphatic rings. The summed E-state index contributed by atoms with van der Waals surface area (Å²) in [6, 6.07) is 0. The Balaban J connectivity index is 3.54. The van der Waals surface area contributed by atoms with Crippen LogP contribution in [0.1, 0.15) is 40.5 Å². The van der Waals surface area contributed by atoms with Crippen molar-refractivity contribution < 1.29 is 42.9 Å². The average Bonchev–Trinajstić information content (AvgIpc) is 2.58. The van der Waals surface area contributed by atoms with E-state index < -0.39 is 53.9 Å². The summed E-state index contributed by atoms with van der Waals surface area (Å²) >= 11 is 0. The van der Waals surface area contributed by atoms with Crippen LogP contribution in [-0.4, -0.2) is 60.5 Å². The molecule has 1 rings (SSSR count). The Morgan fingerprint density at radius 2 is 1.31 bits per heavy atom. The van der Waals surface area contributed by atoms with E-state index in [1.165, 1.54) is 27.7 Å². The predicted molar refractivity (Wildman–Crippen MR) is 101 cm³/mol. The molecule has 1 heterocycles. The van der Waals surface area contributed by atoms with Crippen LogP contribution in [0, 0.1) is 0 Å². The number of ether oxygens (including phenoxy) is 5. The summed E-state index contributed by atoms with van der Waals surface area (Å²) in [6.45, 7) is 11.9. The molecule has 162 valence electrons. The van der Waals surface area contributed by atoms with E-state index in [4.69, 9.17) is 23.7 Å². The summed E-state index contributed by atoms with van der Waals surface area (Å²) in [5.41, 5.74) is -1.23. The molecule has 0 spiro atoms. The van der Waals surface area contributed by atoms with Crippen molar-refractivity contribution in [2.75, 3.05) is 6.61 Å². The van der Waals surface area contributed by atoms with Gasteiger partial charge in [-0.1, -0.05) is 12.2 Å². The maximum Gasteiger partial charge on any atom is 0.303 e.